The number of nitrogens with zero attached hydrogens (tertiary/aromatic N) is 3. The third kappa shape index (κ3) is 2.35. The Balaban J connectivity index is 1.52. The quantitative estimate of drug-likeness (QED) is 0.740. The summed E-state index contributed by atoms with van der Waals surface area (Å²) >= 11 is 7.75. The van der Waals surface area contributed by atoms with Crippen molar-refractivity contribution >= 4 is 33.8 Å². The van der Waals surface area contributed by atoms with E-state index in [1.165, 1.54) is 0 Å². The summed E-state index contributed by atoms with van der Waals surface area (Å²) in [5, 5.41) is 5.55. The molecule has 0 amide bonds. The fraction of sp³-hybridized carbons (Fsp3) is 0.250. The lowest BCUT2D eigenvalue weighted by molar-refractivity contribution is 0.0965. The van der Waals surface area contributed by atoms with Crippen LogP contribution in [0.15, 0.2) is 46.1 Å². The zero-order valence-corrected chi connectivity index (χ0v) is 13.3. The number of fused-ring (bicyclic) bond motifs is 1. The first-order valence-electron chi connectivity index (χ1n) is 7.11. The Morgan fingerprint density at radius 2 is 2.09 bits per heavy atom. The molecular weight excluding hydrogens is 318 g/mol. The molecule has 3 heterocycles. The Bertz CT molecular complexity index is 882. The summed E-state index contributed by atoms with van der Waals surface area (Å²) in [6, 6.07) is 7.67. The number of halogens is 1. The first-order valence-corrected chi connectivity index (χ1v) is 8.43. The number of benzene rings is 1. The minimum Gasteiger partial charge on any atom is -0.295 e. The maximum atomic E-state index is 12.5. The fourth-order valence-electron chi connectivity index (χ4n) is 2.85. The van der Waals surface area contributed by atoms with Gasteiger partial charge in [0.05, 0.1) is 28.3 Å². The van der Waals surface area contributed by atoms with Gasteiger partial charge in [0.2, 0.25) is 0 Å². The van der Waals surface area contributed by atoms with Crippen LogP contribution in [-0.4, -0.2) is 27.5 Å². The highest BCUT2D eigenvalue weighted by molar-refractivity contribution is 7.08. The second-order valence-corrected chi connectivity index (χ2v) is 6.72. The molecular formula is C16H14ClN3OS. The molecule has 0 bridgehead atoms. The molecule has 1 aliphatic rings. The number of rotatable bonds is 3. The topological polar surface area (TPSA) is 38.1 Å². The predicted molar refractivity (Wildman–Crippen MR) is 89.6 cm³/mol. The van der Waals surface area contributed by atoms with Gasteiger partial charge in [-0.2, -0.15) is 11.3 Å². The average molecular weight is 332 g/mol. The van der Waals surface area contributed by atoms with Crippen LogP contribution in [0.3, 0.4) is 0 Å². The van der Waals surface area contributed by atoms with Gasteiger partial charge in [-0.3, -0.25) is 14.3 Å². The monoisotopic (exact) mass is 331 g/mol. The Morgan fingerprint density at radius 3 is 2.86 bits per heavy atom. The average Bonchev–Trinajstić information content (AvgIpc) is 2.89. The summed E-state index contributed by atoms with van der Waals surface area (Å²) in [6.45, 7) is 2.55. The molecule has 0 aliphatic carbocycles. The van der Waals surface area contributed by atoms with Crippen LogP contribution in [0.5, 0.6) is 0 Å². The van der Waals surface area contributed by atoms with Crippen LogP contribution >= 0.6 is 22.9 Å². The van der Waals surface area contributed by atoms with Crippen molar-refractivity contribution in [3.63, 3.8) is 0 Å². The fourth-order valence-corrected chi connectivity index (χ4v) is 3.89. The molecule has 1 aromatic carbocycles. The van der Waals surface area contributed by atoms with Gasteiger partial charge < -0.3 is 0 Å². The summed E-state index contributed by atoms with van der Waals surface area (Å²) in [6.07, 6.45) is 1.67. The minimum atomic E-state index is 0.0452. The second-order valence-electron chi connectivity index (χ2n) is 5.57. The van der Waals surface area contributed by atoms with Gasteiger partial charge in [-0.05, 0) is 23.1 Å². The highest BCUT2D eigenvalue weighted by Crippen LogP contribution is 2.27. The van der Waals surface area contributed by atoms with Gasteiger partial charge in [-0.1, -0.05) is 23.7 Å². The molecule has 0 atom stereocenters. The van der Waals surface area contributed by atoms with Crippen molar-refractivity contribution in [3.8, 4) is 0 Å². The van der Waals surface area contributed by atoms with Gasteiger partial charge in [-0.15, -0.1) is 0 Å². The van der Waals surface area contributed by atoms with Crippen molar-refractivity contribution in [3.05, 3.63) is 62.3 Å². The van der Waals surface area contributed by atoms with Crippen molar-refractivity contribution in [1.29, 1.82) is 0 Å². The summed E-state index contributed by atoms with van der Waals surface area (Å²) < 4.78 is 1.76. The number of likely N-dealkylation sites (tertiary alicyclic amines) is 1. The number of aromatic nitrogens is 2. The highest BCUT2D eigenvalue weighted by atomic mass is 35.5. The molecule has 0 spiro atoms. The molecule has 4 rings (SSSR count). The lowest BCUT2D eigenvalue weighted by Crippen LogP contribution is -2.49. The summed E-state index contributed by atoms with van der Waals surface area (Å²) in [5.74, 6) is 0. The molecule has 112 valence electrons. The summed E-state index contributed by atoms with van der Waals surface area (Å²) in [4.78, 5) is 19.2. The van der Waals surface area contributed by atoms with Crippen LogP contribution in [0, 0.1) is 0 Å². The van der Waals surface area contributed by atoms with E-state index < -0.39 is 0 Å². The summed E-state index contributed by atoms with van der Waals surface area (Å²) in [7, 11) is 0. The van der Waals surface area contributed by atoms with Gasteiger partial charge >= 0.3 is 0 Å². The summed E-state index contributed by atoms with van der Waals surface area (Å²) in [5.41, 5.74) is 1.96. The smallest absolute Gasteiger partial charge is 0.261 e. The maximum absolute atomic E-state index is 12.5. The van der Waals surface area contributed by atoms with E-state index in [-0.39, 0.29) is 11.6 Å². The van der Waals surface area contributed by atoms with E-state index >= 15 is 0 Å². The zero-order chi connectivity index (χ0) is 15.1. The Labute approximate surface area is 136 Å². The molecule has 0 radical (unpaired) electrons. The van der Waals surface area contributed by atoms with Crippen molar-refractivity contribution in [2.45, 2.75) is 12.6 Å². The number of para-hydroxylation sites is 1. The molecule has 0 unspecified atom stereocenters. The predicted octanol–water partition coefficient (Wildman–Crippen LogP) is 3.17. The number of thiophene rings is 1. The van der Waals surface area contributed by atoms with Gasteiger partial charge in [-0.25, -0.2) is 4.98 Å². The van der Waals surface area contributed by atoms with Gasteiger partial charge in [0.25, 0.3) is 5.56 Å². The minimum absolute atomic E-state index is 0.0452. The van der Waals surface area contributed by atoms with Crippen LogP contribution in [0.1, 0.15) is 11.6 Å². The Hall–Kier alpha value is -1.69. The van der Waals surface area contributed by atoms with Gasteiger partial charge in [0.1, 0.15) is 0 Å². The number of hydrogen-bond acceptors (Lipinski definition) is 4. The first kappa shape index (κ1) is 13.9. The van der Waals surface area contributed by atoms with Crippen LogP contribution in [0.2, 0.25) is 5.02 Å². The Morgan fingerprint density at radius 1 is 1.27 bits per heavy atom. The largest absolute Gasteiger partial charge is 0.295 e. The Kier molecular flexibility index (Phi) is 3.48. The molecule has 6 heteroatoms. The van der Waals surface area contributed by atoms with Crippen molar-refractivity contribution in [2.75, 3.05) is 13.1 Å². The normalized spacial score (nSPS) is 16.0. The van der Waals surface area contributed by atoms with E-state index in [0.29, 0.717) is 5.39 Å². The zero-order valence-electron chi connectivity index (χ0n) is 11.8. The van der Waals surface area contributed by atoms with Crippen molar-refractivity contribution < 1.29 is 0 Å². The van der Waals surface area contributed by atoms with E-state index in [1.54, 1.807) is 22.2 Å². The third-order valence-electron chi connectivity index (χ3n) is 4.10. The number of hydrogen-bond donors (Lipinski definition) is 0. The van der Waals surface area contributed by atoms with E-state index in [4.69, 9.17) is 11.6 Å². The molecule has 1 aliphatic heterocycles. The van der Waals surface area contributed by atoms with Crippen LogP contribution in [0.4, 0.5) is 0 Å². The van der Waals surface area contributed by atoms with Crippen molar-refractivity contribution in [2.24, 2.45) is 0 Å². The molecule has 22 heavy (non-hydrogen) atoms. The van der Waals surface area contributed by atoms with Gasteiger partial charge in [0.15, 0.2) is 0 Å². The third-order valence-corrected chi connectivity index (χ3v) is 5.38. The van der Waals surface area contributed by atoms with E-state index in [0.717, 1.165) is 35.7 Å². The molecule has 4 nitrogen and oxygen atoms in total. The van der Waals surface area contributed by atoms with E-state index in [2.05, 4.69) is 15.3 Å². The van der Waals surface area contributed by atoms with Crippen LogP contribution in [0.25, 0.3) is 10.9 Å². The molecule has 2 aromatic heterocycles. The van der Waals surface area contributed by atoms with Crippen LogP contribution < -0.4 is 5.56 Å². The standard InChI is InChI=1S/C16H14ClN3OS/c17-14-9-22-8-11(14)5-19-6-12(7-19)20-10-18-15-4-2-1-3-13(15)16(20)21/h1-4,8-10,12H,5-7H2. The molecule has 3 aromatic rings. The molecule has 0 N–H and O–H groups in total. The lowest BCUT2D eigenvalue weighted by Gasteiger charge is -2.39. The van der Waals surface area contributed by atoms with E-state index in [9.17, 15) is 4.79 Å². The van der Waals surface area contributed by atoms with E-state index in [1.807, 2.05) is 29.6 Å². The highest BCUT2D eigenvalue weighted by Gasteiger charge is 2.29. The maximum Gasteiger partial charge on any atom is 0.261 e. The lowest BCUT2D eigenvalue weighted by atomic mass is 10.1. The molecule has 1 fully saturated rings. The van der Waals surface area contributed by atoms with Crippen molar-refractivity contribution in [1.82, 2.24) is 14.5 Å². The van der Waals surface area contributed by atoms with Gasteiger partial charge in [0, 0.05) is 25.0 Å². The van der Waals surface area contributed by atoms with Crippen LogP contribution in [-0.2, 0) is 6.54 Å². The SMILES string of the molecule is O=c1c2ccccc2ncn1C1CN(Cc2cscc2Cl)C1. The molecule has 0 saturated carbocycles. The first-order chi connectivity index (χ1) is 10.7. The second kappa shape index (κ2) is 5.50. The molecule has 1 saturated heterocycles.